The minimum absolute atomic E-state index is 0.0876. The lowest BCUT2D eigenvalue weighted by molar-refractivity contribution is 0.1000. The molecule has 1 saturated heterocycles. The summed E-state index contributed by atoms with van der Waals surface area (Å²) in [6.07, 6.45) is 0.454. The molecule has 1 aliphatic rings. The summed E-state index contributed by atoms with van der Waals surface area (Å²) in [7, 11) is 1.84. The number of nitrogens with two attached hydrogens (primary N) is 1. The van der Waals surface area contributed by atoms with Crippen LogP contribution in [0.5, 0.6) is 0 Å². The summed E-state index contributed by atoms with van der Waals surface area (Å²) >= 11 is 0. The number of β-amino-alcohol motifs (C(OH)–C–C–N with tert-alkyl or cyclic N) is 1. The second-order valence-electron chi connectivity index (χ2n) is 6.77. The third-order valence-electron chi connectivity index (χ3n) is 4.94. The highest BCUT2D eigenvalue weighted by Crippen LogP contribution is 2.30. The van der Waals surface area contributed by atoms with Crippen molar-refractivity contribution in [2.24, 2.45) is 5.73 Å². The molecule has 0 unspecified atom stereocenters. The zero-order valence-electron chi connectivity index (χ0n) is 14.8. The first-order valence-electron chi connectivity index (χ1n) is 8.73. The molecule has 0 bridgehead atoms. The van der Waals surface area contributed by atoms with Gasteiger partial charge in [0, 0.05) is 32.2 Å². The highest BCUT2D eigenvalue weighted by atomic mass is 19.1. The molecule has 6 heteroatoms. The fraction of sp³-hybridized carbons (Fsp3) is 0.350. The van der Waals surface area contributed by atoms with E-state index in [0.717, 1.165) is 18.5 Å². The van der Waals surface area contributed by atoms with Crippen LogP contribution >= 0.6 is 0 Å². The van der Waals surface area contributed by atoms with Gasteiger partial charge in [-0.15, -0.1) is 0 Å². The summed E-state index contributed by atoms with van der Waals surface area (Å²) in [4.78, 5) is 15.3. The van der Waals surface area contributed by atoms with Gasteiger partial charge in [0.2, 0.25) is 5.91 Å². The van der Waals surface area contributed by atoms with Crippen molar-refractivity contribution in [3.05, 3.63) is 65.5 Å². The lowest BCUT2D eigenvalue weighted by Gasteiger charge is -2.34. The van der Waals surface area contributed by atoms with Crippen LogP contribution in [-0.4, -0.2) is 48.7 Å². The van der Waals surface area contributed by atoms with Gasteiger partial charge in [0.25, 0.3) is 0 Å². The fourth-order valence-corrected chi connectivity index (χ4v) is 3.46. The maximum Gasteiger partial charge on any atom is 0.248 e. The Morgan fingerprint density at radius 2 is 2.08 bits per heavy atom. The van der Waals surface area contributed by atoms with Gasteiger partial charge in [0.1, 0.15) is 5.82 Å². The molecule has 0 aromatic heterocycles. The molecule has 1 fully saturated rings. The van der Waals surface area contributed by atoms with Crippen LogP contribution in [0.3, 0.4) is 0 Å². The number of rotatable bonds is 6. The number of carbonyl (C=O) groups is 1. The van der Waals surface area contributed by atoms with Crippen LogP contribution in [0, 0.1) is 5.82 Å². The van der Waals surface area contributed by atoms with E-state index < -0.39 is 11.7 Å². The van der Waals surface area contributed by atoms with E-state index >= 15 is 0 Å². The van der Waals surface area contributed by atoms with Crippen LogP contribution < -0.4 is 10.6 Å². The van der Waals surface area contributed by atoms with E-state index in [4.69, 9.17) is 5.73 Å². The van der Waals surface area contributed by atoms with Crippen molar-refractivity contribution >= 4 is 11.6 Å². The first-order chi connectivity index (χ1) is 12.5. The average Bonchev–Trinajstić information content (AvgIpc) is 3.04. The number of aliphatic hydroxyl groups excluding tert-OH is 1. The Hall–Kier alpha value is -2.44. The minimum Gasteiger partial charge on any atom is -0.392 e. The first-order valence-corrected chi connectivity index (χ1v) is 8.73. The molecule has 26 heavy (non-hydrogen) atoms. The number of likely N-dealkylation sites (tertiary alicyclic amines) is 1. The third-order valence-corrected chi connectivity index (χ3v) is 4.94. The van der Waals surface area contributed by atoms with E-state index in [0.29, 0.717) is 18.8 Å². The van der Waals surface area contributed by atoms with Crippen LogP contribution in [0.2, 0.25) is 0 Å². The van der Waals surface area contributed by atoms with Gasteiger partial charge in [-0.2, -0.15) is 0 Å². The van der Waals surface area contributed by atoms with Crippen molar-refractivity contribution in [3.8, 4) is 0 Å². The number of nitrogens with zero attached hydrogens (tertiary/aromatic N) is 2. The van der Waals surface area contributed by atoms with Crippen LogP contribution in [0.15, 0.2) is 48.5 Å². The molecule has 0 saturated carbocycles. The second-order valence-corrected chi connectivity index (χ2v) is 6.77. The van der Waals surface area contributed by atoms with E-state index in [1.54, 1.807) is 12.1 Å². The molecule has 2 aromatic carbocycles. The van der Waals surface area contributed by atoms with Gasteiger partial charge >= 0.3 is 0 Å². The van der Waals surface area contributed by atoms with Gasteiger partial charge in [0.05, 0.1) is 17.8 Å². The molecule has 0 aliphatic carbocycles. The predicted octanol–water partition coefficient (Wildman–Crippen LogP) is 2.17. The minimum atomic E-state index is -0.649. The average molecular weight is 357 g/mol. The van der Waals surface area contributed by atoms with E-state index in [1.165, 1.54) is 6.07 Å². The molecule has 0 spiro atoms. The standard InChI is InChI=1S/C20H24FN3O2/c1-23(18-8-7-15(20(22)26)11-17(18)21)19(14-5-3-2-4-6-14)13-24-10-9-16(25)12-24/h2-8,11,16,19,25H,9-10,12-13H2,1H3,(H2,22,26)/t16-,19+/m0/s1. The van der Waals surface area contributed by atoms with Crippen LogP contribution in [0.1, 0.15) is 28.4 Å². The van der Waals surface area contributed by atoms with Crippen molar-refractivity contribution in [2.45, 2.75) is 18.6 Å². The van der Waals surface area contributed by atoms with Gasteiger partial charge in [-0.05, 0) is 30.2 Å². The quantitative estimate of drug-likeness (QED) is 0.831. The Kier molecular flexibility index (Phi) is 5.54. The summed E-state index contributed by atoms with van der Waals surface area (Å²) in [6, 6.07) is 14.1. The van der Waals surface area contributed by atoms with Crippen molar-refractivity contribution in [2.75, 3.05) is 31.6 Å². The van der Waals surface area contributed by atoms with E-state index in [1.807, 2.05) is 42.3 Å². The first kappa shape index (κ1) is 18.4. The highest BCUT2D eigenvalue weighted by molar-refractivity contribution is 5.93. The van der Waals surface area contributed by atoms with E-state index in [9.17, 15) is 14.3 Å². The molecular weight excluding hydrogens is 333 g/mol. The summed E-state index contributed by atoms with van der Waals surface area (Å²) in [5, 5.41) is 9.81. The Balaban J connectivity index is 1.89. The van der Waals surface area contributed by atoms with Gasteiger partial charge in [-0.3, -0.25) is 9.69 Å². The number of carbonyl (C=O) groups excluding carboxylic acids is 1. The number of amides is 1. The molecule has 2 aromatic rings. The van der Waals surface area contributed by atoms with Crippen molar-refractivity contribution in [1.29, 1.82) is 0 Å². The van der Waals surface area contributed by atoms with Gasteiger partial charge in [-0.1, -0.05) is 30.3 Å². The second kappa shape index (κ2) is 7.85. The van der Waals surface area contributed by atoms with Gasteiger partial charge < -0.3 is 15.7 Å². The highest BCUT2D eigenvalue weighted by Gasteiger charge is 2.27. The smallest absolute Gasteiger partial charge is 0.248 e. The molecule has 138 valence electrons. The number of aliphatic hydroxyl groups is 1. The van der Waals surface area contributed by atoms with E-state index in [2.05, 4.69) is 4.90 Å². The number of hydrogen-bond donors (Lipinski definition) is 2. The largest absolute Gasteiger partial charge is 0.392 e. The maximum atomic E-state index is 14.6. The molecule has 5 nitrogen and oxygen atoms in total. The number of hydrogen-bond acceptors (Lipinski definition) is 4. The maximum absolute atomic E-state index is 14.6. The van der Waals surface area contributed by atoms with Crippen LogP contribution in [0.25, 0.3) is 0 Å². The van der Waals surface area contributed by atoms with Crippen LogP contribution in [0.4, 0.5) is 10.1 Å². The van der Waals surface area contributed by atoms with Crippen molar-refractivity contribution in [1.82, 2.24) is 4.90 Å². The lowest BCUT2D eigenvalue weighted by atomic mass is 10.0. The van der Waals surface area contributed by atoms with E-state index in [-0.39, 0.29) is 17.7 Å². The van der Waals surface area contributed by atoms with Crippen molar-refractivity contribution in [3.63, 3.8) is 0 Å². The van der Waals surface area contributed by atoms with Gasteiger partial charge in [-0.25, -0.2) is 4.39 Å². The number of likely N-dealkylation sites (N-methyl/N-ethyl adjacent to an activating group) is 1. The summed E-state index contributed by atoms with van der Waals surface area (Å²) < 4.78 is 14.6. The fourth-order valence-electron chi connectivity index (χ4n) is 3.46. The summed E-state index contributed by atoms with van der Waals surface area (Å²) in [5.41, 5.74) is 6.85. The lowest BCUT2D eigenvalue weighted by Crippen LogP contribution is -2.36. The summed E-state index contributed by atoms with van der Waals surface area (Å²) in [6.45, 7) is 2.12. The molecule has 1 amide bonds. The monoisotopic (exact) mass is 357 g/mol. The molecule has 3 N–H and O–H groups in total. The zero-order valence-corrected chi connectivity index (χ0v) is 14.8. The normalized spacial score (nSPS) is 18.7. The number of benzene rings is 2. The Labute approximate surface area is 152 Å². The number of halogens is 1. The predicted molar refractivity (Wildman–Crippen MR) is 99.6 cm³/mol. The molecule has 1 aliphatic heterocycles. The van der Waals surface area contributed by atoms with Crippen molar-refractivity contribution < 1.29 is 14.3 Å². The Bertz CT molecular complexity index is 769. The summed E-state index contributed by atoms with van der Waals surface area (Å²) in [5.74, 6) is -1.13. The molecule has 2 atom stereocenters. The topological polar surface area (TPSA) is 69.8 Å². The molecule has 3 rings (SSSR count). The molecule has 0 radical (unpaired) electrons. The number of primary amides is 1. The van der Waals surface area contributed by atoms with Crippen LogP contribution in [-0.2, 0) is 0 Å². The molecule has 1 heterocycles. The van der Waals surface area contributed by atoms with Gasteiger partial charge in [0.15, 0.2) is 0 Å². The number of anilines is 1. The third kappa shape index (κ3) is 4.03. The zero-order chi connectivity index (χ0) is 18.7. The SMILES string of the molecule is CN(c1ccc(C(N)=O)cc1F)[C@H](CN1CC[C@H](O)C1)c1ccccc1. The molecular formula is C20H24FN3O2. The Morgan fingerprint density at radius 1 is 1.35 bits per heavy atom. The Morgan fingerprint density at radius 3 is 2.65 bits per heavy atom.